The molecule has 1 heterocycles. The van der Waals surface area contributed by atoms with Crippen molar-refractivity contribution >= 4 is 17.3 Å². The van der Waals surface area contributed by atoms with Gasteiger partial charge in [0.2, 0.25) is 0 Å². The smallest absolute Gasteiger partial charge is 0.191 e. The summed E-state index contributed by atoms with van der Waals surface area (Å²) in [7, 11) is 0. The van der Waals surface area contributed by atoms with Crippen LogP contribution < -0.4 is 10.6 Å². The Bertz CT molecular complexity index is 561. The molecule has 4 heteroatoms. The first kappa shape index (κ1) is 15.6. The van der Waals surface area contributed by atoms with Gasteiger partial charge in [-0.25, -0.2) is 4.99 Å². The van der Waals surface area contributed by atoms with Gasteiger partial charge in [-0.2, -0.15) is 11.3 Å². The van der Waals surface area contributed by atoms with Gasteiger partial charge in [-0.05, 0) is 46.9 Å². The van der Waals surface area contributed by atoms with Crippen LogP contribution in [-0.2, 0) is 19.5 Å². The Morgan fingerprint density at radius 1 is 1.10 bits per heavy atom. The molecule has 2 N–H and O–H groups in total. The van der Waals surface area contributed by atoms with Crippen LogP contribution in [0.25, 0.3) is 0 Å². The van der Waals surface area contributed by atoms with Crippen LogP contribution in [0.2, 0.25) is 0 Å². The Hall–Kier alpha value is -1.81. The average Bonchev–Trinajstić information content (AvgIpc) is 3.03. The van der Waals surface area contributed by atoms with Crippen molar-refractivity contribution in [3.63, 3.8) is 0 Å². The van der Waals surface area contributed by atoms with Crippen LogP contribution in [0.15, 0.2) is 46.1 Å². The Morgan fingerprint density at radius 3 is 2.57 bits per heavy atom. The minimum Gasteiger partial charge on any atom is -0.357 e. The predicted octanol–water partition coefficient (Wildman–Crippen LogP) is 3.57. The maximum Gasteiger partial charge on any atom is 0.191 e. The molecule has 0 spiro atoms. The summed E-state index contributed by atoms with van der Waals surface area (Å²) >= 11 is 1.71. The van der Waals surface area contributed by atoms with Gasteiger partial charge in [0.15, 0.2) is 5.96 Å². The van der Waals surface area contributed by atoms with E-state index in [9.17, 15) is 0 Å². The molecule has 21 heavy (non-hydrogen) atoms. The maximum absolute atomic E-state index is 4.63. The van der Waals surface area contributed by atoms with E-state index in [4.69, 9.17) is 0 Å². The summed E-state index contributed by atoms with van der Waals surface area (Å²) < 4.78 is 0. The fourth-order valence-electron chi connectivity index (χ4n) is 2.15. The monoisotopic (exact) mass is 301 g/mol. The maximum atomic E-state index is 4.63. The summed E-state index contributed by atoms with van der Waals surface area (Å²) in [5.41, 5.74) is 3.98. The lowest BCUT2D eigenvalue weighted by atomic mass is 10.1. The van der Waals surface area contributed by atoms with Crippen molar-refractivity contribution < 1.29 is 0 Å². The van der Waals surface area contributed by atoms with Crippen LogP contribution in [0.5, 0.6) is 0 Å². The second-order valence-electron chi connectivity index (χ2n) is 4.80. The first-order chi connectivity index (χ1) is 10.3. The zero-order valence-electron chi connectivity index (χ0n) is 12.7. The van der Waals surface area contributed by atoms with Crippen LogP contribution in [-0.4, -0.2) is 12.5 Å². The fourth-order valence-corrected chi connectivity index (χ4v) is 2.81. The number of hydrogen-bond acceptors (Lipinski definition) is 2. The minimum atomic E-state index is 0.717. The third-order valence-corrected chi connectivity index (χ3v) is 4.02. The SMILES string of the molecule is CCNC(=NCc1ccsc1)NCc1ccccc1CC. The van der Waals surface area contributed by atoms with Crippen molar-refractivity contribution in [1.82, 2.24) is 10.6 Å². The highest BCUT2D eigenvalue weighted by molar-refractivity contribution is 7.07. The normalized spacial score (nSPS) is 11.4. The molecular weight excluding hydrogens is 278 g/mol. The lowest BCUT2D eigenvalue weighted by molar-refractivity contribution is 0.809. The number of guanidine groups is 1. The topological polar surface area (TPSA) is 36.4 Å². The number of rotatable bonds is 6. The van der Waals surface area contributed by atoms with E-state index in [0.717, 1.165) is 25.5 Å². The second-order valence-corrected chi connectivity index (χ2v) is 5.58. The Kier molecular flexibility index (Phi) is 6.28. The summed E-state index contributed by atoms with van der Waals surface area (Å²) in [6, 6.07) is 10.7. The lowest BCUT2D eigenvalue weighted by Gasteiger charge is -2.13. The first-order valence-corrected chi connectivity index (χ1v) is 8.37. The number of nitrogens with zero attached hydrogens (tertiary/aromatic N) is 1. The molecule has 0 aliphatic heterocycles. The largest absolute Gasteiger partial charge is 0.357 e. The van der Waals surface area contributed by atoms with E-state index >= 15 is 0 Å². The molecule has 0 fully saturated rings. The average molecular weight is 301 g/mol. The van der Waals surface area contributed by atoms with Gasteiger partial charge in [-0.3, -0.25) is 0 Å². The van der Waals surface area contributed by atoms with E-state index in [1.165, 1.54) is 16.7 Å². The van der Waals surface area contributed by atoms with E-state index < -0.39 is 0 Å². The van der Waals surface area contributed by atoms with Gasteiger partial charge in [0.25, 0.3) is 0 Å². The van der Waals surface area contributed by atoms with E-state index in [1.807, 2.05) is 0 Å². The quantitative estimate of drug-likeness (QED) is 0.632. The number of aliphatic imine (C=N–C) groups is 1. The van der Waals surface area contributed by atoms with Gasteiger partial charge < -0.3 is 10.6 Å². The number of aryl methyl sites for hydroxylation is 1. The predicted molar refractivity (Wildman–Crippen MR) is 91.8 cm³/mol. The molecule has 0 saturated carbocycles. The molecular formula is C17H23N3S. The third-order valence-electron chi connectivity index (χ3n) is 3.29. The molecule has 0 aliphatic carbocycles. The van der Waals surface area contributed by atoms with E-state index in [1.54, 1.807) is 11.3 Å². The van der Waals surface area contributed by atoms with Crippen molar-refractivity contribution in [2.45, 2.75) is 33.4 Å². The number of hydrogen-bond donors (Lipinski definition) is 2. The Morgan fingerprint density at radius 2 is 1.90 bits per heavy atom. The highest BCUT2D eigenvalue weighted by Gasteiger charge is 2.02. The molecule has 0 radical (unpaired) electrons. The molecule has 1 aromatic carbocycles. The van der Waals surface area contributed by atoms with Crippen LogP contribution in [0.1, 0.15) is 30.5 Å². The Labute approximate surface area is 131 Å². The molecule has 0 amide bonds. The van der Waals surface area contributed by atoms with E-state index in [2.05, 4.69) is 70.6 Å². The molecule has 2 aromatic rings. The van der Waals surface area contributed by atoms with Crippen LogP contribution in [0.3, 0.4) is 0 Å². The minimum absolute atomic E-state index is 0.717. The molecule has 1 aromatic heterocycles. The van der Waals surface area contributed by atoms with E-state index in [0.29, 0.717) is 6.54 Å². The molecule has 2 rings (SSSR count). The van der Waals surface area contributed by atoms with Crippen molar-refractivity contribution in [3.05, 3.63) is 57.8 Å². The van der Waals surface area contributed by atoms with Crippen LogP contribution in [0, 0.1) is 0 Å². The summed E-state index contributed by atoms with van der Waals surface area (Å²) in [5, 5.41) is 10.9. The van der Waals surface area contributed by atoms with Gasteiger partial charge >= 0.3 is 0 Å². The van der Waals surface area contributed by atoms with Crippen molar-refractivity contribution in [2.75, 3.05) is 6.54 Å². The van der Waals surface area contributed by atoms with Gasteiger partial charge in [-0.15, -0.1) is 0 Å². The standard InChI is InChI=1S/C17H23N3S/c1-3-15-7-5-6-8-16(15)12-20-17(18-4-2)19-11-14-9-10-21-13-14/h5-10,13H,3-4,11-12H2,1-2H3,(H2,18,19,20). The van der Waals surface area contributed by atoms with Gasteiger partial charge in [-0.1, -0.05) is 31.2 Å². The highest BCUT2D eigenvalue weighted by Crippen LogP contribution is 2.09. The first-order valence-electron chi connectivity index (χ1n) is 7.43. The number of benzene rings is 1. The van der Waals surface area contributed by atoms with Crippen LogP contribution >= 0.6 is 11.3 Å². The number of thiophene rings is 1. The summed E-state index contributed by atoms with van der Waals surface area (Å²) in [6.07, 6.45) is 1.06. The molecule has 0 unspecified atom stereocenters. The molecule has 3 nitrogen and oxygen atoms in total. The summed E-state index contributed by atoms with van der Waals surface area (Å²) in [6.45, 7) is 6.66. The van der Waals surface area contributed by atoms with Gasteiger partial charge in [0, 0.05) is 13.1 Å². The second kappa shape index (κ2) is 8.47. The highest BCUT2D eigenvalue weighted by atomic mass is 32.1. The molecule has 0 saturated heterocycles. The van der Waals surface area contributed by atoms with Crippen molar-refractivity contribution in [1.29, 1.82) is 0 Å². The third kappa shape index (κ3) is 4.90. The van der Waals surface area contributed by atoms with Gasteiger partial charge in [0.05, 0.1) is 6.54 Å². The van der Waals surface area contributed by atoms with Gasteiger partial charge in [0.1, 0.15) is 0 Å². The lowest BCUT2D eigenvalue weighted by Crippen LogP contribution is -2.37. The fraction of sp³-hybridized carbons (Fsp3) is 0.353. The molecule has 0 aliphatic rings. The summed E-state index contributed by atoms with van der Waals surface area (Å²) in [4.78, 5) is 4.63. The van der Waals surface area contributed by atoms with Crippen LogP contribution in [0.4, 0.5) is 0 Å². The molecule has 112 valence electrons. The van der Waals surface area contributed by atoms with Crippen molar-refractivity contribution in [2.24, 2.45) is 4.99 Å². The van der Waals surface area contributed by atoms with E-state index in [-0.39, 0.29) is 0 Å². The molecule has 0 bridgehead atoms. The zero-order chi connectivity index (χ0) is 14.9. The summed E-state index contributed by atoms with van der Waals surface area (Å²) in [5.74, 6) is 0.870. The molecule has 0 atom stereocenters. The number of nitrogens with one attached hydrogen (secondary N) is 2. The Balaban J connectivity index is 1.97. The van der Waals surface area contributed by atoms with Crippen molar-refractivity contribution in [3.8, 4) is 0 Å². The zero-order valence-corrected chi connectivity index (χ0v) is 13.5.